The summed E-state index contributed by atoms with van der Waals surface area (Å²) in [5, 5.41) is 11.0. The molecule has 2 rings (SSSR count). The minimum absolute atomic E-state index is 0.0841. The first-order chi connectivity index (χ1) is 7.18. The summed E-state index contributed by atoms with van der Waals surface area (Å²) in [5.74, 6) is -0.788. The molecule has 0 saturated heterocycles. The van der Waals surface area contributed by atoms with Crippen LogP contribution in [0.3, 0.4) is 0 Å². The van der Waals surface area contributed by atoms with Crippen LogP contribution < -0.4 is 0 Å². The second kappa shape index (κ2) is 3.73. The number of benzene rings is 2. The number of carbonyl (C=O) groups is 1. The Bertz CT molecular complexity index is 515. The number of hydrogen-bond donors (Lipinski definition) is 1. The lowest BCUT2D eigenvalue weighted by Gasteiger charge is -2.06. The van der Waals surface area contributed by atoms with Crippen LogP contribution in [0.5, 0.6) is 0 Å². The molecule has 0 fully saturated rings. The van der Waals surface area contributed by atoms with E-state index >= 15 is 0 Å². The molecule has 0 atom stereocenters. The normalized spacial score (nSPS) is 10.5. The summed E-state index contributed by atoms with van der Waals surface area (Å²) >= 11 is 0. The lowest BCUT2D eigenvalue weighted by Crippen LogP contribution is -2.00. The summed E-state index contributed by atoms with van der Waals surface area (Å²) in [7, 11) is 0. The number of carboxylic acids is 1. The molecule has 0 unspecified atom stereocenters. The smallest absolute Gasteiger partial charge is 0.307 e. The van der Waals surface area contributed by atoms with Gasteiger partial charge in [0.2, 0.25) is 0 Å². The van der Waals surface area contributed by atoms with E-state index < -0.39 is 5.97 Å². The Kier molecular flexibility index (Phi) is 2.42. The minimum atomic E-state index is -0.788. The highest BCUT2D eigenvalue weighted by atomic mass is 16.4. The molecule has 1 N–H and O–H groups in total. The maximum absolute atomic E-state index is 10.7. The molecular weight excluding hydrogens is 188 g/mol. The first-order valence-electron chi connectivity index (χ1n) is 4.87. The van der Waals surface area contributed by atoms with Gasteiger partial charge in [0.05, 0.1) is 6.42 Å². The Morgan fingerprint density at radius 1 is 1.13 bits per heavy atom. The Morgan fingerprint density at radius 2 is 1.80 bits per heavy atom. The molecule has 0 amide bonds. The number of fused-ring (bicyclic) bond motifs is 1. The number of carboxylic acid groups (broad SMARTS) is 1. The molecule has 0 aliphatic heterocycles. The largest absolute Gasteiger partial charge is 0.481 e. The Balaban J connectivity index is 2.65. The van der Waals surface area contributed by atoms with Crippen molar-refractivity contribution in [2.75, 3.05) is 0 Å². The highest BCUT2D eigenvalue weighted by molar-refractivity contribution is 5.90. The number of rotatable bonds is 2. The van der Waals surface area contributed by atoms with Gasteiger partial charge in [0, 0.05) is 0 Å². The summed E-state index contributed by atoms with van der Waals surface area (Å²) in [6, 6.07) is 11.8. The third kappa shape index (κ3) is 1.84. The molecule has 0 saturated carbocycles. The molecule has 2 aromatic rings. The van der Waals surface area contributed by atoms with Crippen molar-refractivity contribution in [2.24, 2.45) is 0 Å². The topological polar surface area (TPSA) is 37.3 Å². The molecule has 2 aromatic carbocycles. The van der Waals surface area contributed by atoms with Gasteiger partial charge in [-0.25, -0.2) is 0 Å². The van der Waals surface area contributed by atoms with E-state index in [4.69, 9.17) is 5.11 Å². The minimum Gasteiger partial charge on any atom is -0.481 e. The van der Waals surface area contributed by atoms with Gasteiger partial charge in [-0.15, -0.1) is 0 Å². The molecule has 0 heterocycles. The summed E-state index contributed by atoms with van der Waals surface area (Å²) in [6.45, 7) is 2.03. The molecule has 0 aliphatic rings. The van der Waals surface area contributed by atoms with Crippen molar-refractivity contribution in [3.63, 3.8) is 0 Å². The number of aryl methyl sites for hydroxylation is 1. The van der Waals surface area contributed by atoms with Gasteiger partial charge in [-0.3, -0.25) is 4.79 Å². The third-order valence-electron chi connectivity index (χ3n) is 2.57. The Labute approximate surface area is 88.2 Å². The maximum Gasteiger partial charge on any atom is 0.307 e. The average molecular weight is 200 g/mol. The Hall–Kier alpha value is -1.83. The first kappa shape index (κ1) is 9.71. The monoisotopic (exact) mass is 200 g/mol. The lowest BCUT2D eigenvalue weighted by atomic mass is 9.99. The van der Waals surface area contributed by atoms with Gasteiger partial charge in [-0.2, -0.15) is 0 Å². The summed E-state index contributed by atoms with van der Waals surface area (Å²) in [6.07, 6.45) is 0.0841. The van der Waals surface area contributed by atoms with Crippen molar-refractivity contribution in [1.82, 2.24) is 0 Å². The van der Waals surface area contributed by atoms with E-state index in [1.165, 1.54) is 5.56 Å². The third-order valence-corrected chi connectivity index (χ3v) is 2.57. The molecule has 15 heavy (non-hydrogen) atoms. The highest BCUT2D eigenvalue weighted by Gasteiger charge is 2.05. The van der Waals surface area contributed by atoms with Crippen molar-refractivity contribution in [3.8, 4) is 0 Å². The van der Waals surface area contributed by atoms with Gasteiger partial charge in [0.15, 0.2) is 0 Å². The molecule has 0 aliphatic carbocycles. The SMILES string of the molecule is Cc1cccc2c(CC(=O)O)cccc12. The van der Waals surface area contributed by atoms with Gasteiger partial charge < -0.3 is 5.11 Å². The summed E-state index contributed by atoms with van der Waals surface area (Å²) in [5.41, 5.74) is 2.06. The fourth-order valence-corrected chi connectivity index (χ4v) is 1.85. The summed E-state index contributed by atoms with van der Waals surface area (Å²) in [4.78, 5) is 10.7. The van der Waals surface area contributed by atoms with Gasteiger partial charge in [0.25, 0.3) is 0 Å². The fraction of sp³-hybridized carbons (Fsp3) is 0.154. The van der Waals surface area contributed by atoms with Crippen LogP contribution in [0.1, 0.15) is 11.1 Å². The van der Waals surface area contributed by atoms with E-state index in [9.17, 15) is 4.79 Å². The Morgan fingerprint density at radius 3 is 2.53 bits per heavy atom. The van der Waals surface area contributed by atoms with E-state index in [-0.39, 0.29) is 6.42 Å². The molecule has 0 aromatic heterocycles. The molecule has 0 bridgehead atoms. The quantitative estimate of drug-likeness (QED) is 0.809. The van der Waals surface area contributed by atoms with Crippen molar-refractivity contribution < 1.29 is 9.90 Å². The van der Waals surface area contributed by atoms with Crippen LogP contribution in [0.4, 0.5) is 0 Å². The van der Waals surface area contributed by atoms with Crippen LogP contribution in [0.25, 0.3) is 10.8 Å². The average Bonchev–Trinajstić information content (AvgIpc) is 2.19. The molecule has 0 radical (unpaired) electrons. The van der Waals surface area contributed by atoms with Crippen molar-refractivity contribution in [1.29, 1.82) is 0 Å². The second-order valence-electron chi connectivity index (χ2n) is 3.66. The van der Waals surface area contributed by atoms with E-state index in [0.29, 0.717) is 0 Å². The maximum atomic E-state index is 10.7. The van der Waals surface area contributed by atoms with Crippen LogP contribution in [0.2, 0.25) is 0 Å². The predicted octanol–water partition coefficient (Wildman–Crippen LogP) is 2.78. The van der Waals surface area contributed by atoms with Gasteiger partial charge in [-0.05, 0) is 28.8 Å². The first-order valence-corrected chi connectivity index (χ1v) is 4.87. The van der Waals surface area contributed by atoms with Crippen molar-refractivity contribution in [3.05, 3.63) is 47.5 Å². The zero-order valence-electron chi connectivity index (χ0n) is 8.53. The summed E-state index contributed by atoms with van der Waals surface area (Å²) < 4.78 is 0. The van der Waals surface area contributed by atoms with Crippen LogP contribution in [0.15, 0.2) is 36.4 Å². The second-order valence-corrected chi connectivity index (χ2v) is 3.66. The van der Waals surface area contributed by atoms with E-state index in [0.717, 1.165) is 16.3 Å². The van der Waals surface area contributed by atoms with Gasteiger partial charge >= 0.3 is 5.97 Å². The number of hydrogen-bond acceptors (Lipinski definition) is 1. The van der Waals surface area contributed by atoms with Crippen molar-refractivity contribution in [2.45, 2.75) is 13.3 Å². The predicted molar refractivity (Wildman–Crippen MR) is 60.0 cm³/mol. The number of aliphatic carboxylic acids is 1. The molecule has 0 spiro atoms. The van der Waals surface area contributed by atoms with Gasteiger partial charge in [-0.1, -0.05) is 36.4 Å². The van der Waals surface area contributed by atoms with E-state index in [1.54, 1.807) is 0 Å². The highest BCUT2D eigenvalue weighted by Crippen LogP contribution is 2.22. The van der Waals surface area contributed by atoms with E-state index in [1.807, 2.05) is 43.3 Å². The molecule has 2 heteroatoms. The zero-order chi connectivity index (χ0) is 10.8. The zero-order valence-corrected chi connectivity index (χ0v) is 8.53. The fourth-order valence-electron chi connectivity index (χ4n) is 1.85. The van der Waals surface area contributed by atoms with Crippen LogP contribution in [-0.4, -0.2) is 11.1 Å². The molecule has 76 valence electrons. The standard InChI is InChI=1S/C13H12O2/c1-9-4-2-7-12-10(8-13(14)15)5-3-6-11(9)12/h2-7H,8H2,1H3,(H,14,15). The molecule has 2 nitrogen and oxygen atoms in total. The van der Waals surface area contributed by atoms with Crippen LogP contribution >= 0.6 is 0 Å². The van der Waals surface area contributed by atoms with Crippen LogP contribution in [-0.2, 0) is 11.2 Å². The lowest BCUT2D eigenvalue weighted by molar-refractivity contribution is -0.136. The van der Waals surface area contributed by atoms with Crippen molar-refractivity contribution >= 4 is 16.7 Å². The van der Waals surface area contributed by atoms with Crippen LogP contribution in [0, 0.1) is 6.92 Å². The van der Waals surface area contributed by atoms with E-state index in [2.05, 4.69) is 0 Å². The molecular formula is C13H12O2. The van der Waals surface area contributed by atoms with Gasteiger partial charge in [0.1, 0.15) is 0 Å².